The van der Waals surface area contributed by atoms with Crippen molar-refractivity contribution in [3.05, 3.63) is 22.4 Å². The second-order valence-electron chi connectivity index (χ2n) is 5.42. The Morgan fingerprint density at radius 3 is 2.74 bits per heavy atom. The van der Waals surface area contributed by atoms with E-state index in [1.165, 1.54) is 10.6 Å². The molecule has 1 aliphatic rings. The number of nitrogens with zero attached hydrogens (tertiary/aromatic N) is 3. The Morgan fingerprint density at radius 2 is 2.13 bits per heavy atom. The number of thioether (sulfide) groups is 1. The van der Waals surface area contributed by atoms with Gasteiger partial charge in [-0.2, -0.15) is 11.8 Å². The smallest absolute Gasteiger partial charge is 0.194 e. The van der Waals surface area contributed by atoms with Crippen LogP contribution in [-0.4, -0.2) is 67.0 Å². The lowest BCUT2D eigenvalue weighted by Gasteiger charge is -2.36. The SMILES string of the molecule is CCNC(=NCCCSC)N1CCN(Cc2cccs2)CC1.I. The Kier molecular flexibility index (Phi) is 11.3. The lowest BCUT2D eigenvalue weighted by Crippen LogP contribution is -2.52. The van der Waals surface area contributed by atoms with Crippen molar-refractivity contribution in [3.8, 4) is 0 Å². The molecule has 1 aromatic rings. The fraction of sp³-hybridized carbons (Fsp3) is 0.688. The Balaban J connectivity index is 0.00000264. The van der Waals surface area contributed by atoms with E-state index in [9.17, 15) is 0 Å². The van der Waals surface area contributed by atoms with Gasteiger partial charge in [0, 0.05) is 50.7 Å². The van der Waals surface area contributed by atoms with Gasteiger partial charge in [0.2, 0.25) is 0 Å². The van der Waals surface area contributed by atoms with Gasteiger partial charge in [0.15, 0.2) is 5.96 Å². The van der Waals surface area contributed by atoms with Gasteiger partial charge in [-0.25, -0.2) is 0 Å². The third kappa shape index (κ3) is 7.62. The summed E-state index contributed by atoms with van der Waals surface area (Å²) in [6.07, 6.45) is 3.32. The van der Waals surface area contributed by atoms with Gasteiger partial charge < -0.3 is 10.2 Å². The van der Waals surface area contributed by atoms with Gasteiger partial charge >= 0.3 is 0 Å². The van der Waals surface area contributed by atoms with E-state index in [-0.39, 0.29) is 24.0 Å². The molecule has 0 bridgehead atoms. The van der Waals surface area contributed by atoms with Crippen molar-refractivity contribution in [2.45, 2.75) is 19.9 Å². The molecule has 4 nitrogen and oxygen atoms in total. The first-order valence-electron chi connectivity index (χ1n) is 8.10. The average Bonchev–Trinajstić information content (AvgIpc) is 3.04. The van der Waals surface area contributed by atoms with Gasteiger partial charge in [0.25, 0.3) is 0 Å². The minimum absolute atomic E-state index is 0. The second-order valence-corrected chi connectivity index (χ2v) is 7.44. The maximum Gasteiger partial charge on any atom is 0.194 e. The van der Waals surface area contributed by atoms with Crippen molar-refractivity contribution >= 4 is 53.0 Å². The molecule has 0 aliphatic carbocycles. The molecule has 1 aromatic heterocycles. The molecule has 2 rings (SSSR count). The van der Waals surface area contributed by atoms with Crippen molar-refractivity contribution in [2.24, 2.45) is 4.99 Å². The summed E-state index contributed by atoms with van der Waals surface area (Å²) < 4.78 is 0. The van der Waals surface area contributed by atoms with Crippen LogP contribution in [0.5, 0.6) is 0 Å². The summed E-state index contributed by atoms with van der Waals surface area (Å²) in [7, 11) is 0. The third-order valence-electron chi connectivity index (χ3n) is 3.73. The molecule has 0 unspecified atom stereocenters. The number of hydrogen-bond donors (Lipinski definition) is 1. The van der Waals surface area contributed by atoms with Crippen molar-refractivity contribution < 1.29 is 0 Å². The Labute approximate surface area is 166 Å². The zero-order chi connectivity index (χ0) is 15.6. The highest BCUT2D eigenvalue weighted by Gasteiger charge is 2.19. The van der Waals surface area contributed by atoms with E-state index in [2.05, 4.69) is 45.8 Å². The van der Waals surface area contributed by atoms with Crippen molar-refractivity contribution in [2.75, 3.05) is 51.3 Å². The van der Waals surface area contributed by atoms with Crippen LogP contribution in [0, 0.1) is 0 Å². The van der Waals surface area contributed by atoms with Crippen molar-refractivity contribution in [3.63, 3.8) is 0 Å². The van der Waals surface area contributed by atoms with Crippen LogP contribution in [0.1, 0.15) is 18.2 Å². The summed E-state index contributed by atoms with van der Waals surface area (Å²) in [6.45, 7) is 9.48. The van der Waals surface area contributed by atoms with Crippen LogP contribution in [0.4, 0.5) is 0 Å². The predicted octanol–water partition coefficient (Wildman–Crippen LogP) is 3.20. The molecule has 0 aromatic carbocycles. The Bertz CT molecular complexity index is 431. The highest BCUT2D eigenvalue weighted by Crippen LogP contribution is 2.13. The van der Waals surface area contributed by atoms with Gasteiger partial charge in [-0.3, -0.25) is 9.89 Å². The summed E-state index contributed by atoms with van der Waals surface area (Å²) in [5.74, 6) is 2.29. The molecule has 0 radical (unpaired) electrons. The van der Waals surface area contributed by atoms with E-state index in [0.717, 1.165) is 58.2 Å². The van der Waals surface area contributed by atoms with Crippen LogP contribution in [0.25, 0.3) is 0 Å². The van der Waals surface area contributed by atoms with Crippen molar-refractivity contribution in [1.29, 1.82) is 0 Å². The summed E-state index contributed by atoms with van der Waals surface area (Å²) in [4.78, 5) is 11.2. The van der Waals surface area contributed by atoms with Gasteiger partial charge in [-0.05, 0) is 36.8 Å². The molecule has 7 heteroatoms. The van der Waals surface area contributed by atoms with Crippen LogP contribution in [-0.2, 0) is 6.54 Å². The molecular weight excluding hydrogens is 439 g/mol. The molecule has 132 valence electrons. The number of aliphatic imine (C=N–C) groups is 1. The van der Waals surface area contributed by atoms with Crippen LogP contribution < -0.4 is 5.32 Å². The predicted molar refractivity (Wildman–Crippen MR) is 116 cm³/mol. The van der Waals surface area contributed by atoms with Gasteiger partial charge in [0.05, 0.1) is 0 Å². The van der Waals surface area contributed by atoms with E-state index in [1.54, 1.807) is 0 Å². The average molecular weight is 468 g/mol. The standard InChI is InChI=1S/C16H28N4S2.HI/c1-3-17-16(18-7-5-12-21-2)20-10-8-19(9-11-20)14-15-6-4-13-22-15;/h4,6,13H,3,5,7-12,14H2,1-2H3,(H,17,18);1H. The lowest BCUT2D eigenvalue weighted by molar-refractivity contribution is 0.173. The zero-order valence-corrected chi connectivity index (χ0v) is 18.1. The fourth-order valence-electron chi connectivity index (χ4n) is 2.56. The molecule has 0 spiro atoms. The minimum atomic E-state index is 0. The summed E-state index contributed by atoms with van der Waals surface area (Å²) in [5.41, 5.74) is 0. The molecule has 0 amide bonds. The molecule has 23 heavy (non-hydrogen) atoms. The van der Waals surface area contributed by atoms with Crippen molar-refractivity contribution in [1.82, 2.24) is 15.1 Å². The molecule has 0 saturated carbocycles. The monoisotopic (exact) mass is 468 g/mol. The molecule has 1 aliphatic heterocycles. The minimum Gasteiger partial charge on any atom is -0.357 e. The largest absolute Gasteiger partial charge is 0.357 e. The topological polar surface area (TPSA) is 30.9 Å². The van der Waals surface area contributed by atoms with E-state index in [0.29, 0.717) is 0 Å². The fourth-order valence-corrected chi connectivity index (χ4v) is 3.72. The first-order valence-corrected chi connectivity index (χ1v) is 10.4. The van der Waals surface area contributed by atoms with E-state index < -0.39 is 0 Å². The first-order chi connectivity index (χ1) is 10.8. The third-order valence-corrected chi connectivity index (χ3v) is 5.29. The number of hydrogen-bond acceptors (Lipinski definition) is 4. The normalized spacial score (nSPS) is 16.3. The number of rotatable bonds is 7. The zero-order valence-electron chi connectivity index (χ0n) is 14.2. The number of thiophene rings is 1. The van der Waals surface area contributed by atoms with Crippen LogP contribution in [0.15, 0.2) is 22.5 Å². The van der Waals surface area contributed by atoms with Crippen LogP contribution in [0.2, 0.25) is 0 Å². The number of nitrogens with one attached hydrogen (secondary N) is 1. The highest BCUT2D eigenvalue weighted by molar-refractivity contribution is 14.0. The molecular formula is C16H29IN4S2. The highest BCUT2D eigenvalue weighted by atomic mass is 127. The molecule has 1 fully saturated rings. The van der Waals surface area contributed by atoms with Crippen LogP contribution >= 0.6 is 47.1 Å². The molecule has 0 atom stereocenters. The maximum absolute atomic E-state index is 4.78. The molecule has 1 saturated heterocycles. The number of guanidine groups is 1. The van der Waals surface area contributed by atoms with Gasteiger partial charge in [0.1, 0.15) is 0 Å². The number of halogens is 1. The van der Waals surface area contributed by atoms with Gasteiger partial charge in [-0.15, -0.1) is 35.3 Å². The van der Waals surface area contributed by atoms with E-state index in [4.69, 9.17) is 4.99 Å². The quantitative estimate of drug-likeness (QED) is 0.288. The lowest BCUT2D eigenvalue weighted by atomic mass is 10.3. The summed E-state index contributed by atoms with van der Waals surface area (Å²) >= 11 is 3.75. The first kappa shape index (κ1) is 21.1. The molecule has 1 N–H and O–H groups in total. The maximum atomic E-state index is 4.78. The summed E-state index contributed by atoms with van der Waals surface area (Å²) in [6, 6.07) is 4.37. The Morgan fingerprint density at radius 1 is 1.35 bits per heavy atom. The summed E-state index contributed by atoms with van der Waals surface area (Å²) in [5, 5.41) is 5.61. The van der Waals surface area contributed by atoms with E-state index >= 15 is 0 Å². The van der Waals surface area contributed by atoms with E-state index in [1.807, 2.05) is 23.1 Å². The number of piperazine rings is 1. The van der Waals surface area contributed by atoms with Crippen LogP contribution in [0.3, 0.4) is 0 Å². The Hall–Kier alpha value is 0.01000. The second kappa shape index (κ2) is 12.4. The molecule has 2 heterocycles. The van der Waals surface area contributed by atoms with Gasteiger partial charge in [-0.1, -0.05) is 6.07 Å².